The first-order valence-electron chi connectivity index (χ1n) is 8.31. The van der Waals surface area contributed by atoms with Gasteiger partial charge in [-0.15, -0.1) is 11.3 Å². The van der Waals surface area contributed by atoms with E-state index in [1.54, 1.807) is 7.11 Å². The Morgan fingerprint density at radius 1 is 1.40 bits per heavy atom. The maximum atomic E-state index is 12.5. The normalized spacial score (nSPS) is 16.6. The SMILES string of the molecule is COc1ccc2cc(C(=O)NCC(O)(c3cccs3)C3CC3)[nH]c2c1. The van der Waals surface area contributed by atoms with E-state index in [9.17, 15) is 9.90 Å². The summed E-state index contributed by atoms with van der Waals surface area (Å²) in [6.45, 7) is 0.218. The monoisotopic (exact) mass is 356 g/mol. The number of amides is 1. The molecule has 0 bridgehead atoms. The first kappa shape index (κ1) is 16.2. The van der Waals surface area contributed by atoms with Crippen LogP contribution in [0.2, 0.25) is 0 Å². The third-order valence-electron chi connectivity index (χ3n) is 4.79. The molecular formula is C19H20N2O3S. The van der Waals surface area contributed by atoms with Gasteiger partial charge in [0, 0.05) is 21.8 Å². The minimum Gasteiger partial charge on any atom is -0.497 e. The first-order valence-corrected chi connectivity index (χ1v) is 9.19. The number of nitrogens with one attached hydrogen (secondary N) is 2. The topological polar surface area (TPSA) is 74.3 Å². The summed E-state index contributed by atoms with van der Waals surface area (Å²) in [7, 11) is 1.61. The number of H-pyrrole nitrogens is 1. The number of rotatable bonds is 6. The van der Waals surface area contributed by atoms with E-state index in [2.05, 4.69) is 10.3 Å². The zero-order chi connectivity index (χ0) is 17.4. The van der Waals surface area contributed by atoms with Gasteiger partial charge in [0.15, 0.2) is 0 Å². The number of hydrogen-bond donors (Lipinski definition) is 3. The molecule has 0 saturated heterocycles. The number of aromatic nitrogens is 1. The molecule has 1 aromatic carbocycles. The Kier molecular flexibility index (Phi) is 4.01. The van der Waals surface area contributed by atoms with Gasteiger partial charge < -0.3 is 20.1 Å². The number of methoxy groups -OCH3 is 1. The van der Waals surface area contributed by atoms with Crippen LogP contribution in [0.25, 0.3) is 10.9 Å². The predicted octanol–water partition coefficient (Wildman–Crippen LogP) is 3.27. The van der Waals surface area contributed by atoms with Crippen LogP contribution in [0.15, 0.2) is 41.8 Å². The number of carbonyl (C=O) groups is 1. The largest absolute Gasteiger partial charge is 0.497 e. The summed E-state index contributed by atoms with van der Waals surface area (Å²) in [6, 6.07) is 11.3. The third-order valence-corrected chi connectivity index (χ3v) is 5.83. The number of hydrogen-bond acceptors (Lipinski definition) is 4. The van der Waals surface area contributed by atoms with Crippen molar-refractivity contribution in [2.75, 3.05) is 13.7 Å². The van der Waals surface area contributed by atoms with Crippen molar-refractivity contribution in [1.29, 1.82) is 0 Å². The highest BCUT2D eigenvalue weighted by Gasteiger charge is 2.46. The lowest BCUT2D eigenvalue weighted by Gasteiger charge is -2.27. The molecule has 0 spiro atoms. The van der Waals surface area contributed by atoms with Gasteiger partial charge in [0.2, 0.25) is 0 Å². The number of ether oxygens (including phenoxy) is 1. The number of benzene rings is 1. The average molecular weight is 356 g/mol. The Balaban J connectivity index is 1.51. The minimum atomic E-state index is -0.973. The predicted molar refractivity (Wildman–Crippen MR) is 98.1 cm³/mol. The molecule has 2 aromatic heterocycles. The molecule has 5 nitrogen and oxygen atoms in total. The average Bonchev–Trinajstić information content (AvgIpc) is 3.18. The second kappa shape index (κ2) is 6.20. The molecule has 3 N–H and O–H groups in total. The third kappa shape index (κ3) is 3.03. The van der Waals surface area contributed by atoms with Gasteiger partial charge in [-0.2, -0.15) is 0 Å². The van der Waals surface area contributed by atoms with Crippen molar-refractivity contribution in [3.8, 4) is 5.75 Å². The van der Waals surface area contributed by atoms with Crippen LogP contribution in [0.3, 0.4) is 0 Å². The summed E-state index contributed by atoms with van der Waals surface area (Å²) in [5.74, 6) is 0.742. The zero-order valence-electron chi connectivity index (χ0n) is 13.9. The van der Waals surface area contributed by atoms with Crippen LogP contribution in [0, 0.1) is 5.92 Å². The quantitative estimate of drug-likeness (QED) is 0.635. The molecule has 1 amide bonds. The number of aromatic amines is 1. The molecule has 1 unspecified atom stereocenters. The maximum absolute atomic E-state index is 12.5. The van der Waals surface area contributed by atoms with Crippen LogP contribution in [0.4, 0.5) is 0 Å². The van der Waals surface area contributed by atoms with Crippen molar-refractivity contribution in [1.82, 2.24) is 10.3 Å². The highest BCUT2D eigenvalue weighted by atomic mass is 32.1. The van der Waals surface area contributed by atoms with Gasteiger partial charge in [0.1, 0.15) is 17.0 Å². The Labute approximate surface area is 149 Å². The molecule has 3 aromatic rings. The van der Waals surface area contributed by atoms with Crippen molar-refractivity contribution in [2.24, 2.45) is 5.92 Å². The molecule has 0 aliphatic heterocycles. The van der Waals surface area contributed by atoms with Crippen molar-refractivity contribution in [2.45, 2.75) is 18.4 Å². The number of fused-ring (bicyclic) bond motifs is 1. The molecule has 0 radical (unpaired) electrons. The molecule has 4 rings (SSSR count). The Morgan fingerprint density at radius 2 is 2.24 bits per heavy atom. The van der Waals surface area contributed by atoms with E-state index in [4.69, 9.17) is 4.74 Å². The van der Waals surface area contributed by atoms with E-state index in [0.29, 0.717) is 5.69 Å². The maximum Gasteiger partial charge on any atom is 0.267 e. The van der Waals surface area contributed by atoms with E-state index in [1.807, 2.05) is 41.8 Å². The molecular weight excluding hydrogens is 336 g/mol. The van der Waals surface area contributed by atoms with Gasteiger partial charge in [-0.05, 0) is 48.4 Å². The highest BCUT2D eigenvalue weighted by molar-refractivity contribution is 7.10. The fourth-order valence-corrected chi connectivity index (χ4v) is 4.09. The van der Waals surface area contributed by atoms with Gasteiger partial charge in [-0.25, -0.2) is 0 Å². The van der Waals surface area contributed by atoms with Crippen LogP contribution in [-0.2, 0) is 5.60 Å². The van der Waals surface area contributed by atoms with Gasteiger partial charge in [0.05, 0.1) is 13.7 Å². The standard InChI is InChI=1S/C19H20N2O3S/c1-24-14-7-4-12-9-16(21-15(12)10-14)18(22)20-11-19(23,13-5-6-13)17-3-2-8-25-17/h2-4,7-10,13,21,23H,5-6,11H2,1H3,(H,20,22). The summed E-state index contributed by atoms with van der Waals surface area (Å²) < 4.78 is 5.21. The van der Waals surface area contributed by atoms with E-state index >= 15 is 0 Å². The molecule has 1 saturated carbocycles. The number of carbonyl (C=O) groups excluding carboxylic acids is 1. The van der Waals surface area contributed by atoms with Crippen LogP contribution in [-0.4, -0.2) is 29.7 Å². The van der Waals surface area contributed by atoms with Crippen LogP contribution in [0.1, 0.15) is 28.2 Å². The molecule has 6 heteroatoms. The molecule has 130 valence electrons. The van der Waals surface area contributed by atoms with Gasteiger partial charge in [-0.1, -0.05) is 6.07 Å². The smallest absolute Gasteiger partial charge is 0.267 e. The van der Waals surface area contributed by atoms with Gasteiger partial charge >= 0.3 is 0 Å². The van der Waals surface area contributed by atoms with E-state index in [1.165, 1.54) is 11.3 Å². The van der Waals surface area contributed by atoms with Crippen molar-refractivity contribution in [3.63, 3.8) is 0 Å². The van der Waals surface area contributed by atoms with Crippen LogP contribution >= 0.6 is 11.3 Å². The first-order chi connectivity index (χ1) is 12.1. The lowest BCUT2D eigenvalue weighted by molar-refractivity contribution is 0.0169. The molecule has 1 atom stereocenters. The molecule has 25 heavy (non-hydrogen) atoms. The van der Waals surface area contributed by atoms with Crippen molar-refractivity contribution < 1.29 is 14.6 Å². The molecule has 1 aliphatic rings. The highest BCUT2D eigenvalue weighted by Crippen LogP contribution is 2.46. The van der Waals surface area contributed by atoms with Gasteiger partial charge in [0.25, 0.3) is 5.91 Å². The summed E-state index contributed by atoms with van der Waals surface area (Å²) in [4.78, 5) is 16.6. The van der Waals surface area contributed by atoms with Crippen molar-refractivity contribution >= 4 is 28.1 Å². The van der Waals surface area contributed by atoms with E-state index in [-0.39, 0.29) is 18.4 Å². The van der Waals surface area contributed by atoms with Crippen molar-refractivity contribution in [3.05, 3.63) is 52.3 Å². The number of thiophene rings is 1. The number of aliphatic hydroxyl groups is 1. The second-order valence-electron chi connectivity index (χ2n) is 6.49. The van der Waals surface area contributed by atoms with E-state index in [0.717, 1.165) is 34.4 Å². The summed E-state index contributed by atoms with van der Waals surface area (Å²) >= 11 is 1.53. The minimum absolute atomic E-state index is 0.217. The molecule has 2 heterocycles. The van der Waals surface area contributed by atoms with Gasteiger partial charge in [-0.3, -0.25) is 4.79 Å². The lowest BCUT2D eigenvalue weighted by atomic mass is 9.95. The zero-order valence-corrected chi connectivity index (χ0v) is 14.7. The van der Waals surface area contributed by atoms with Crippen LogP contribution < -0.4 is 10.1 Å². The lowest BCUT2D eigenvalue weighted by Crippen LogP contribution is -2.42. The fourth-order valence-electron chi connectivity index (χ4n) is 3.18. The summed E-state index contributed by atoms with van der Waals surface area (Å²) in [5, 5.41) is 16.9. The summed E-state index contributed by atoms with van der Waals surface area (Å²) in [5.41, 5.74) is 0.354. The molecule has 1 aliphatic carbocycles. The Hall–Kier alpha value is -2.31. The Bertz CT molecular complexity index is 899. The van der Waals surface area contributed by atoms with Crippen LogP contribution in [0.5, 0.6) is 5.75 Å². The summed E-state index contributed by atoms with van der Waals surface area (Å²) in [6.07, 6.45) is 1.99. The fraction of sp³-hybridized carbons (Fsp3) is 0.316. The van der Waals surface area contributed by atoms with E-state index < -0.39 is 5.60 Å². The Morgan fingerprint density at radius 3 is 2.92 bits per heavy atom. The second-order valence-corrected chi connectivity index (χ2v) is 7.44. The molecule has 1 fully saturated rings.